The van der Waals surface area contributed by atoms with E-state index in [0.717, 1.165) is 18.6 Å². The first-order valence-corrected chi connectivity index (χ1v) is 8.28. The van der Waals surface area contributed by atoms with E-state index in [1.165, 1.54) is 19.3 Å². The Morgan fingerprint density at radius 1 is 1.17 bits per heavy atom. The average Bonchev–Trinajstić information content (AvgIpc) is 2.55. The van der Waals surface area contributed by atoms with E-state index in [0.29, 0.717) is 11.6 Å². The molecule has 23 heavy (non-hydrogen) atoms. The highest BCUT2D eigenvalue weighted by Crippen LogP contribution is 2.20. The van der Waals surface area contributed by atoms with E-state index in [1.54, 1.807) is 31.4 Å². The number of rotatable bonds is 4. The minimum absolute atomic E-state index is 0.0338. The van der Waals surface area contributed by atoms with Crippen molar-refractivity contribution in [2.24, 2.45) is 4.99 Å². The quantitative estimate of drug-likeness (QED) is 0.682. The van der Waals surface area contributed by atoms with Gasteiger partial charge in [-0.1, -0.05) is 19.3 Å². The van der Waals surface area contributed by atoms with Gasteiger partial charge in [-0.15, -0.1) is 0 Å². The van der Waals surface area contributed by atoms with Crippen LogP contribution in [0.2, 0.25) is 0 Å². The van der Waals surface area contributed by atoms with Crippen molar-refractivity contribution in [3.63, 3.8) is 0 Å². The summed E-state index contributed by atoms with van der Waals surface area (Å²) < 4.78 is 10.8. The summed E-state index contributed by atoms with van der Waals surface area (Å²) in [7, 11) is 1.60. The van der Waals surface area contributed by atoms with Gasteiger partial charge in [-0.25, -0.2) is 4.99 Å². The zero-order valence-corrected chi connectivity index (χ0v) is 14.2. The summed E-state index contributed by atoms with van der Waals surface area (Å²) in [5.41, 5.74) is 0.550. The van der Waals surface area contributed by atoms with E-state index in [4.69, 9.17) is 9.47 Å². The van der Waals surface area contributed by atoms with E-state index in [1.807, 2.05) is 13.8 Å². The largest absolute Gasteiger partial charge is 0.497 e. The van der Waals surface area contributed by atoms with Gasteiger partial charge in [0.25, 0.3) is 11.9 Å². The molecule has 1 aromatic rings. The lowest BCUT2D eigenvalue weighted by Crippen LogP contribution is -2.35. The molecule has 1 aliphatic carbocycles. The topological polar surface area (TPSA) is 59.9 Å². The average molecular weight is 318 g/mol. The standard InChI is InChI=1S/C18H26N2O3/c1-13(2)23-18(19-15-7-5-4-6-8-15)20-17(21)14-9-11-16(22-3)12-10-14/h9-13,15H,4-8H2,1-3H3,(H,19,20,21). The predicted octanol–water partition coefficient (Wildman–Crippen LogP) is 3.54. The summed E-state index contributed by atoms with van der Waals surface area (Å²) in [5, 5.41) is 2.80. The molecule has 0 heterocycles. The van der Waals surface area contributed by atoms with Gasteiger partial charge in [0, 0.05) is 5.56 Å². The molecule has 1 fully saturated rings. The Hall–Kier alpha value is -2.04. The maximum absolute atomic E-state index is 12.4. The number of nitrogens with one attached hydrogen (secondary N) is 1. The minimum atomic E-state index is -0.220. The Bertz CT molecular complexity index is 532. The van der Waals surface area contributed by atoms with E-state index < -0.39 is 0 Å². The summed E-state index contributed by atoms with van der Waals surface area (Å²) in [4.78, 5) is 17.0. The molecule has 0 atom stereocenters. The van der Waals surface area contributed by atoms with E-state index >= 15 is 0 Å². The highest BCUT2D eigenvalue weighted by atomic mass is 16.5. The molecule has 0 aliphatic heterocycles. The summed E-state index contributed by atoms with van der Waals surface area (Å²) in [6, 6.07) is 7.54. The lowest BCUT2D eigenvalue weighted by atomic mass is 9.96. The van der Waals surface area contributed by atoms with Crippen LogP contribution < -0.4 is 10.1 Å². The van der Waals surface area contributed by atoms with Crippen LogP contribution in [0.3, 0.4) is 0 Å². The number of hydrogen-bond acceptors (Lipinski definition) is 4. The third-order valence-corrected chi connectivity index (χ3v) is 3.79. The van der Waals surface area contributed by atoms with Crippen molar-refractivity contribution >= 4 is 11.9 Å². The number of nitrogens with zero attached hydrogens (tertiary/aromatic N) is 1. The molecule has 5 heteroatoms. The van der Waals surface area contributed by atoms with E-state index in [9.17, 15) is 4.79 Å². The highest BCUT2D eigenvalue weighted by molar-refractivity contribution is 6.04. The second-order valence-corrected chi connectivity index (χ2v) is 6.08. The summed E-state index contributed by atoms with van der Waals surface area (Å²) in [5.74, 6) is 0.499. The van der Waals surface area contributed by atoms with Crippen LogP contribution in [-0.4, -0.2) is 31.2 Å². The number of ether oxygens (including phenoxy) is 2. The third kappa shape index (κ3) is 5.58. The number of amidine groups is 1. The first kappa shape index (κ1) is 17.3. The molecule has 126 valence electrons. The zero-order valence-electron chi connectivity index (χ0n) is 14.2. The van der Waals surface area contributed by atoms with Gasteiger partial charge in [-0.2, -0.15) is 0 Å². The molecule has 0 saturated heterocycles. The molecule has 1 amide bonds. The van der Waals surface area contributed by atoms with Crippen molar-refractivity contribution in [2.45, 2.75) is 58.1 Å². The number of amides is 1. The predicted molar refractivity (Wildman–Crippen MR) is 91.0 cm³/mol. The van der Waals surface area contributed by atoms with Crippen LogP contribution in [0.4, 0.5) is 0 Å². The molecule has 1 aromatic carbocycles. The molecule has 0 spiro atoms. The van der Waals surface area contributed by atoms with Crippen LogP contribution in [0.15, 0.2) is 29.3 Å². The third-order valence-electron chi connectivity index (χ3n) is 3.79. The van der Waals surface area contributed by atoms with E-state index in [2.05, 4.69) is 10.3 Å². The molecule has 1 N–H and O–H groups in total. The van der Waals surface area contributed by atoms with Gasteiger partial charge in [0.15, 0.2) is 0 Å². The second kappa shape index (κ2) is 8.56. The molecule has 0 unspecified atom stereocenters. The number of aliphatic imine (C=N–C) groups is 1. The monoisotopic (exact) mass is 318 g/mol. The fraction of sp³-hybridized carbons (Fsp3) is 0.556. The first-order chi connectivity index (χ1) is 11.1. The van der Waals surface area contributed by atoms with Gasteiger partial charge in [0.2, 0.25) is 0 Å². The van der Waals surface area contributed by atoms with Crippen LogP contribution in [0, 0.1) is 0 Å². The molecule has 2 rings (SSSR count). The first-order valence-electron chi connectivity index (χ1n) is 8.28. The maximum Gasteiger partial charge on any atom is 0.292 e. The Morgan fingerprint density at radius 3 is 2.39 bits per heavy atom. The summed E-state index contributed by atoms with van der Waals surface area (Å²) in [6.45, 7) is 3.85. The van der Waals surface area contributed by atoms with Gasteiger partial charge in [-0.05, 0) is 51.0 Å². The van der Waals surface area contributed by atoms with Gasteiger partial charge < -0.3 is 9.47 Å². The second-order valence-electron chi connectivity index (χ2n) is 6.08. The van der Waals surface area contributed by atoms with E-state index in [-0.39, 0.29) is 18.1 Å². The van der Waals surface area contributed by atoms with Crippen molar-refractivity contribution < 1.29 is 14.3 Å². The van der Waals surface area contributed by atoms with Crippen LogP contribution in [0.5, 0.6) is 5.75 Å². The molecule has 1 saturated carbocycles. The fourth-order valence-corrected chi connectivity index (χ4v) is 2.60. The lowest BCUT2D eigenvalue weighted by molar-refractivity contribution is 0.0959. The molecular formula is C18H26N2O3. The molecule has 1 aliphatic rings. The van der Waals surface area contributed by atoms with Gasteiger partial charge >= 0.3 is 0 Å². The van der Waals surface area contributed by atoms with Crippen molar-refractivity contribution in [3.8, 4) is 5.75 Å². The number of carbonyl (C=O) groups excluding carboxylic acids is 1. The Balaban J connectivity index is 2.05. The lowest BCUT2D eigenvalue weighted by Gasteiger charge is -2.20. The number of carbonyl (C=O) groups is 1. The number of benzene rings is 1. The van der Waals surface area contributed by atoms with Gasteiger partial charge in [-0.3, -0.25) is 10.1 Å². The molecule has 0 radical (unpaired) electrons. The van der Waals surface area contributed by atoms with Crippen molar-refractivity contribution in [3.05, 3.63) is 29.8 Å². The van der Waals surface area contributed by atoms with Crippen LogP contribution in [0.25, 0.3) is 0 Å². The SMILES string of the molecule is COc1ccc(C(=O)NC(=NC2CCCCC2)OC(C)C)cc1. The zero-order chi connectivity index (χ0) is 16.7. The summed E-state index contributed by atoms with van der Waals surface area (Å²) >= 11 is 0. The Labute approximate surface area is 138 Å². The molecule has 0 bridgehead atoms. The van der Waals surface area contributed by atoms with Crippen LogP contribution >= 0.6 is 0 Å². The van der Waals surface area contributed by atoms with Crippen LogP contribution in [-0.2, 0) is 4.74 Å². The molecule has 5 nitrogen and oxygen atoms in total. The number of hydrogen-bond donors (Lipinski definition) is 1. The summed E-state index contributed by atoms with van der Waals surface area (Å²) in [6.07, 6.45) is 5.73. The maximum atomic E-state index is 12.4. The number of methoxy groups -OCH3 is 1. The Kier molecular flexibility index (Phi) is 6.44. The molecular weight excluding hydrogens is 292 g/mol. The van der Waals surface area contributed by atoms with Crippen molar-refractivity contribution in [1.82, 2.24) is 5.32 Å². The smallest absolute Gasteiger partial charge is 0.292 e. The fourth-order valence-electron chi connectivity index (χ4n) is 2.60. The highest BCUT2D eigenvalue weighted by Gasteiger charge is 2.17. The Morgan fingerprint density at radius 2 is 1.83 bits per heavy atom. The van der Waals surface area contributed by atoms with Gasteiger partial charge in [0.05, 0.1) is 19.3 Å². The molecule has 0 aromatic heterocycles. The van der Waals surface area contributed by atoms with Crippen molar-refractivity contribution in [1.29, 1.82) is 0 Å². The normalized spacial score (nSPS) is 16.3. The van der Waals surface area contributed by atoms with Crippen LogP contribution in [0.1, 0.15) is 56.3 Å². The van der Waals surface area contributed by atoms with Crippen molar-refractivity contribution in [2.75, 3.05) is 7.11 Å². The van der Waals surface area contributed by atoms with Gasteiger partial charge in [0.1, 0.15) is 5.75 Å². The minimum Gasteiger partial charge on any atom is -0.497 e.